The zero-order chi connectivity index (χ0) is 6.20. The second kappa shape index (κ2) is 1.65. The van der Waals surface area contributed by atoms with Crippen molar-refractivity contribution >= 4 is 0 Å². The monoisotopic (exact) mass is 120 g/mol. The lowest BCUT2D eigenvalue weighted by atomic mass is 10.2. The third kappa shape index (κ3) is 0.823. The first-order chi connectivity index (χ1) is 3.63. The lowest BCUT2D eigenvalue weighted by Crippen LogP contribution is -2.30. The van der Waals surface area contributed by atoms with Crippen molar-refractivity contribution in [3.05, 3.63) is 0 Å². The summed E-state index contributed by atoms with van der Waals surface area (Å²) in [5.74, 6) is -2.26. The minimum atomic E-state index is -2.26. The van der Waals surface area contributed by atoms with Crippen LogP contribution in [0.4, 0.5) is 8.78 Å². The van der Waals surface area contributed by atoms with Crippen molar-refractivity contribution < 1.29 is 8.78 Å². The fourth-order valence-corrected chi connectivity index (χ4v) is 0.924. The predicted molar refractivity (Wildman–Crippen MR) is 25.7 cm³/mol. The van der Waals surface area contributed by atoms with Crippen LogP contribution < -0.4 is 5.73 Å². The lowest BCUT2D eigenvalue weighted by molar-refractivity contribution is 0.0764. The molecule has 0 aromatic heterocycles. The van der Waals surface area contributed by atoms with Crippen LogP contribution in [0.15, 0.2) is 0 Å². The van der Waals surface area contributed by atoms with Crippen LogP contribution in [-0.4, -0.2) is 12.0 Å². The molecule has 0 bridgehead atoms. The first kappa shape index (κ1) is 5.95. The maximum Gasteiger partial charge on any atom is 0.205 e. The molecule has 2 unspecified atom stereocenters. The molecule has 2 atom stereocenters. The molecule has 1 aliphatic carbocycles. The normalized spacial score (nSPS) is 47.6. The Morgan fingerprint density at radius 1 is 1.62 bits per heavy atom. The van der Waals surface area contributed by atoms with Crippen molar-refractivity contribution in [1.29, 1.82) is 0 Å². The summed E-state index contributed by atoms with van der Waals surface area (Å²) in [7, 11) is 0. The molecule has 0 saturated heterocycles. The van der Waals surface area contributed by atoms with Crippen LogP contribution in [0.1, 0.15) is 19.3 Å². The van der Waals surface area contributed by atoms with Gasteiger partial charge in [0.15, 0.2) is 0 Å². The van der Waals surface area contributed by atoms with E-state index in [4.69, 9.17) is 5.73 Å². The molecule has 0 spiro atoms. The summed E-state index contributed by atoms with van der Waals surface area (Å²) in [4.78, 5) is 0. The Labute approximate surface area is 46.9 Å². The fourth-order valence-electron chi connectivity index (χ4n) is 0.924. The van der Waals surface area contributed by atoms with E-state index in [0.717, 1.165) is 0 Å². The molecular weight excluding hydrogens is 112 g/mol. The standard InChI is InChI=1S/C5H8F2N/c6-4-2-1-3-5(4,7)8/h4,8H,1-3H2. The van der Waals surface area contributed by atoms with Gasteiger partial charge in [-0.05, 0) is 19.3 Å². The number of hydrogen-bond donors (Lipinski definition) is 0. The van der Waals surface area contributed by atoms with Crippen molar-refractivity contribution in [3.8, 4) is 0 Å². The van der Waals surface area contributed by atoms with Crippen LogP contribution in [0.3, 0.4) is 0 Å². The van der Waals surface area contributed by atoms with Crippen molar-refractivity contribution in [3.63, 3.8) is 0 Å². The van der Waals surface area contributed by atoms with Gasteiger partial charge in [0.2, 0.25) is 5.79 Å². The molecule has 47 valence electrons. The second-order valence-corrected chi connectivity index (χ2v) is 2.22. The molecule has 1 aliphatic rings. The third-order valence-corrected chi connectivity index (χ3v) is 1.49. The molecule has 1 saturated carbocycles. The largest absolute Gasteiger partial charge is 0.242 e. The number of alkyl halides is 2. The Hall–Kier alpha value is -0.180. The molecular formula is C5H8F2N. The Morgan fingerprint density at radius 3 is 2.38 bits per heavy atom. The maximum atomic E-state index is 12.3. The zero-order valence-corrected chi connectivity index (χ0v) is 4.45. The SMILES string of the molecule is [NH]C1(F)CCCC1F. The van der Waals surface area contributed by atoms with Crippen LogP contribution in [-0.2, 0) is 0 Å². The quantitative estimate of drug-likeness (QED) is 0.432. The minimum absolute atomic E-state index is 0.0637. The van der Waals surface area contributed by atoms with Gasteiger partial charge in [-0.2, -0.15) is 0 Å². The molecule has 1 radical (unpaired) electrons. The minimum Gasteiger partial charge on any atom is -0.242 e. The Kier molecular flexibility index (Phi) is 1.23. The van der Waals surface area contributed by atoms with Gasteiger partial charge in [-0.15, -0.1) is 0 Å². The van der Waals surface area contributed by atoms with Crippen LogP contribution in [0.2, 0.25) is 0 Å². The summed E-state index contributed by atoms with van der Waals surface area (Å²) in [6, 6.07) is 0. The molecule has 0 aromatic carbocycles. The van der Waals surface area contributed by atoms with Gasteiger partial charge in [0, 0.05) is 0 Å². The summed E-state index contributed by atoms with van der Waals surface area (Å²) in [6.45, 7) is 0. The van der Waals surface area contributed by atoms with Gasteiger partial charge in [0.1, 0.15) is 6.17 Å². The van der Waals surface area contributed by atoms with E-state index < -0.39 is 12.0 Å². The Balaban J connectivity index is 2.54. The van der Waals surface area contributed by atoms with Crippen LogP contribution in [0, 0.1) is 0 Å². The van der Waals surface area contributed by atoms with Gasteiger partial charge in [-0.25, -0.2) is 14.5 Å². The van der Waals surface area contributed by atoms with Crippen LogP contribution in [0.25, 0.3) is 0 Å². The number of halogens is 2. The van der Waals surface area contributed by atoms with E-state index in [0.29, 0.717) is 6.42 Å². The molecule has 1 fully saturated rings. The van der Waals surface area contributed by atoms with Crippen LogP contribution >= 0.6 is 0 Å². The van der Waals surface area contributed by atoms with E-state index in [9.17, 15) is 8.78 Å². The lowest BCUT2D eigenvalue weighted by Gasteiger charge is -2.12. The molecule has 1 N–H and O–H groups in total. The van der Waals surface area contributed by atoms with Crippen molar-refractivity contribution in [2.45, 2.75) is 31.2 Å². The first-order valence-electron chi connectivity index (χ1n) is 2.71. The van der Waals surface area contributed by atoms with E-state index in [-0.39, 0.29) is 12.8 Å². The van der Waals surface area contributed by atoms with Gasteiger partial charge in [0.25, 0.3) is 0 Å². The third-order valence-electron chi connectivity index (χ3n) is 1.49. The highest BCUT2D eigenvalue weighted by Crippen LogP contribution is 2.32. The molecule has 0 amide bonds. The summed E-state index contributed by atoms with van der Waals surface area (Å²) in [6.07, 6.45) is -0.738. The molecule has 8 heavy (non-hydrogen) atoms. The number of nitrogens with one attached hydrogen (secondary N) is 1. The highest BCUT2D eigenvalue weighted by Gasteiger charge is 2.40. The molecule has 0 heterocycles. The first-order valence-corrected chi connectivity index (χ1v) is 2.71. The Bertz CT molecular complexity index is 92.4. The topological polar surface area (TPSA) is 23.8 Å². The van der Waals surface area contributed by atoms with E-state index in [1.807, 2.05) is 0 Å². The molecule has 1 nitrogen and oxygen atoms in total. The van der Waals surface area contributed by atoms with Gasteiger partial charge in [0.05, 0.1) is 0 Å². The molecule has 3 heteroatoms. The van der Waals surface area contributed by atoms with Gasteiger partial charge in [-0.1, -0.05) is 0 Å². The summed E-state index contributed by atoms with van der Waals surface area (Å²) >= 11 is 0. The molecule has 0 aliphatic heterocycles. The summed E-state index contributed by atoms with van der Waals surface area (Å²) in [5.41, 5.74) is 6.65. The fraction of sp³-hybridized carbons (Fsp3) is 1.00. The van der Waals surface area contributed by atoms with E-state index >= 15 is 0 Å². The van der Waals surface area contributed by atoms with E-state index in [1.54, 1.807) is 0 Å². The number of hydrogen-bond acceptors (Lipinski definition) is 0. The predicted octanol–water partition coefficient (Wildman–Crippen LogP) is 1.46. The average molecular weight is 120 g/mol. The smallest absolute Gasteiger partial charge is 0.205 e. The van der Waals surface area contributed by atoms with Gasteiger partial charge >= 0.3 is 0 Å². The van der Waals surface area contributed by atoms with Crippen molar-refractivity contribution in [2.24, 2.45) is 0 Å². The van der Waals surface area contributed by atoms with Crippen molar-refractivity contribution in [1.82, 2.24) is 5.73 Å². The summed E-state index contributed by atoms with van der Waals surface area (Å²) < 4.78 is 24.4. The van der Waals surface area contributed by atoms with Crippen LogP contribution in [0.5, 0.6) is 0 Å². The van der Waals surface area contributed by atoms with Crippen molar-refractivity contribution in [2.75, 3.05) is 0 Å². The van der Waals surface area contributed by atoms with Gasteiger partial charge < -0.3 is 0 Å². The van der Waals surface area contributed by atoms with E-state index in [2.05, 4.69) is 0 Å². The van der Waals surface area contributed by atoms with E-state index in [1.165, 1.54) is 0 Å². The highest BCUT2D eigenvalue weighted by atomic mass is 19.2. The highest BCUT2D eigenvalue weighted by molar-refractivity contribution is 4.86. The zero-order valence-electron chi connectivity index (χ0n) is 4.45. The molecule has 1 rings (SSSR count). The summed E-state index contributed by atoms with van der Waals surface area (Å²) in [5, 5.41) is 0. The average Bonchev–Trinajstić information content (AvgIpc) is 1.86. The Morgan fingerprint density at radius 2 is 2.25 bits per heavy atom. The molecule has 0 aromatic rings. The second-order valence-electron chi connectivity index (χ2n) is 2.22. The maximum absolute atomic E-state index is 12.3. The van der Waals surface area contributed by atoms with Gasteiger partial charge in [-0.3, -0.25) is 0 Å². The number of rotatable bonds is 0.